The third kappa shape index (κ3) is 4.61. The van der Waals surface area contributed by atoms with Crippen molar-refractivity contribution in [2.24, 2.45) is 5.41 Å². The van der Waals surface area contributed by atoms with E-state index in [2.05, 4.69) is 4.72 Å². The standard InChI is InChI=1S/C10H22N2O4S/c1-6-12(7-2)17(15,16)11-8(9(13)14)10(3,4)5/h8,11H,6-7H2,1-5H3,(H,13,14). The SMILES string of the molecule is CCN(CC)S(=O)(=O)NC(C(=O)O)C(C)(C)C. The highest BCUT2D eigenvalue weighted by molar-refractivity contribution is 7.87. The number of carbonyl (C=O) groups is 1. The minimum Gasteiger partial charge on any atom is -0.480 e. The van der Waals surface area contributed by atoms with Gasteiger partial charge in [-0.2, -0.15) is 17.4 Å². The topological polar surface area (TPSA) is 86.7 Å². The first-order chi connectivity index (χ1) is 7.56. The zero-order valence-corrected chi connectivity index (χ0v) is 11.8. The molecule has 17 heavy (non-hydrogen) atoms. The molecule has 0 heterocycles. The molecule has 0 aromatic carbocycles. The van der Waals surface area contributed by atoms with E-state index in [0.29, 0.717) is 13.1 Å². The third-order valence-electron chi connectivity index (χ3n) is 2.43. The number of hydrogen-bond acceptors (Lipinski definition) is 3. The summed E-state index contributed by atoms with van der Waals surface area (Å²) < 4.78 is 27.2. The summed E-state index contributed by atoms with van der Waals surface area (Å²) in [5, 5.41) is 9.05. The summed E-state index contributed by atoms with van der Waals surface area (Å²) >= 11 is 0. The Kier molecular flexibility index (Phi) is 5.57. The monoisotopic (exact) mass is 266 g/mol. The molecule has 0 aliphatic heterocycles. The quantitative estimate of drug-likeness (QED) is 0.739. The Morgan fingerprint density at radius 1 is 1.29 bits per heavy atom. The maximum atomic E-state index is 11.9. The fourth-order valence-corrected chi connectivity index (χ4v) is 2.97. The number of nitrogens with zero attached hydrogens (tertiary/aromatic N) is 1. The maximum absolute atomic E-state index is 11.9. The molecule has 0 rings (SSSR count). The van der Waals surface area contributed by atoms with Crippen molar-refractivity contribution in [3.63, 3.8) is 0 Å². The lowest BCUT2D eigenvalue weighted by atomic mass is 9.88. The van der Waals surface area contributed by atoms with E-state index in [4.69, 9.17) is 5.11 Å². The molecule has 0 spiro atoms. The third-order valence-corrected chi connectivity index (χ3v) is 4.15. The molecule has 0 aliphatic carbocycles. The van der Waals surface area contributed by atoms with Gasteiger partial charge in [0.2, 0.25) is 0 Å². The summed E-state index contributed by atoms with van der Waals surface area (Å²) in [5.74, 6) is -1.17. The Labute approximate surface area is 103 Å². The van der Waals surface area contributed by atoms with Gasteiger partial charge in [-0.05, 0) is 5.41 Å². The molecule has 0 aromatic rings. The molecule has 0 saturated heterocycles. The van der Waals surface area contributed by atoms with Crippen LogP contribution in [0.5, 0.6) is 0 Å². The van der Waals surface area contributed by atoms with Crippen LogP contribution in [-0.4, -0.2) is 42.9 Å². The smallest absolute Gasteiger partial charge is 0.322 e. The predicted molar refractivity (Wildman–Crippen MR) is 65.9 cm³/mol. The highest BCUT2D eigenvalue weighted by Gasteiger charge is 2.36. The van der Waals surface area contributed by atoms with E-state index in [9.17, 15) is 13.2 Å². The van der Waals surface area contributed by atoms with Gasteiger partial charge in [0, 0.05) is 13.1 Å². The Hall–Kier alpha value is -0.660. The second-order valence-corrected chi connectivity index (χ2v) is 6.55. The van der Waals surface area contributed by atoms with Crippen LogP contribution < -0.4 is 4.72 Å². The fraction of sp³-hybridized carbons (Fsp3) is 0.900. The molecule has 102 valence electrons. The second kappa shape index (κ2) is 5.79. The highest BCUT2D eigenvalue weighted by atomic mass is 32.2. The van der Waals surface area contributed by atoms with Crippen molar-refractivity contribution in [2.45, 2.75) is 40.7 Å². The largest absolute Gasteiger partial charge is 0.480 e. The summed E-state index contributed by atoms with van der Waals surface area (Å²) in [4.78, 5) is 11.1. The summed E-state index contributed by atoms with van der Waals surface area (Å²) in [5.41, 5.74) is -0.688. The lowest BCUT2D eigenvalue weighted by Crippen LogP contribution is -2.53. The normalized spacial score (nSPS) is 14.9. The van der Waals surface area contributed by atoms with Gasteiger partial charge in [-0.15, -0.1) is 0 Å². The van der Waals surface area contributed by atoms with Gasteiger partial charge >= 0.3 is 5.97 Å². The molecule has 0 aromatic heterocycles. The van der Waals surface area contributed by atoms with E-state index in [-0.39, 0.29) is 0 Å². The van der Waals surface area contributed by atoms with Crippen molar-refractivity contribution in [3.8, 4) is 0 Å². The van der Waals surface area contributed by atoms with Gasteiger partial charge in [0.1, 0.15) is 6.04 Å². The number of rotatable bonds is 6. The zero-order chi connectivity index (χ0) is 13.9. The van der Waals surface area contributed by atoms with Crippen LogP contribution in [0.2, 0.25) is 0 Å². The van der Waals surface area contributed by atoms with Crippen molar-refractivity contribution < 1.29 is 18.3 Å². The molecule has 0 fully saturated rings. The number of hydrogen-bond donors (Lipinski definition) is 2. The van der Waals surface area contributed by atoms with E-state index in [1.54, 1.807) is 34.6 Å². The molecule has 0 amide bonds. The first kappa shape index (κ1) is 16.3. The van der Waals surface area contributed by atoms with Gasteiger partial charge in [-0.25, -0.2) is 0 Å². The van der Waals surface area contributed by atoms with Crippen LogP contribution in [0.15, 0.2) is 0 Å². The molecule has 0 radical (unpaired) electrons. The highest BCUT2D eigenvalue weighted by Crippen LogP contribution is 2.20. The van der Waals surface area contributed by atoms with Gasteiger partial charge in [-0.1, -0.05) is 34.6 Å². The Morgan fingerprint density at radius 2 is 1.71 bits per heavy atom. The molecule has 2 N–H and O–H groups in total. The van der Waals surface area contributed by atoms with Gasteiger partial charge in [0.05, 0.1) is 0 Å². The lowest BCUT2D eigenvalue weighted by molar-refractivity contribution is -0.141. The predicted octanol–water partition coefficient (Wildman–Crippen LogP) is 0.662. The van der Waals surface area contributed by atoms with Crippen LogP contribution in [0.25, 0.3) is 0 Å². The van der Waals surface area contributed by atoms with Crippen molar-refractivity contribution in [1.29, 1.82) is 0 Å². The van der Waals surface area contributed by atoms with Gasteiger partial charge in [-0.3, -0.25) is 4.79 Å². The average molecular weight is 266 g/mol. The first-order valence-electron chi connectivity index (χ1n) is 5.56. The lowest BCUT2D eigenvalue weighted by Gasteiger charge is -2.30. The fourth-order valence-electron chi connectivity index (χ4n) is 1.38. The Balaban J connectivity index is 5.08. The van der Waals surface area contributed by atoms with Crippen molar-refractivity contribution in [1.82, 2.24) is 9.03 Å². The van der Waals surface area contributed by atoms with Crippen molar-refractivity contribution in [2.75, 3.05) is 13.1 Å². The van der Waals surface area contributed by atoms with Gasteiger partial charge in [0.25, 0.3) is 10.2 Å². The summed E-state index contributed by atoms with van der Waals surface area (Å²) in [6.45, 7) is 9.05. The van der Waals surface area contributed by atoms with E-state index in [1.165, 1.54) is 4.31 Å². The van der Waals surface area contributed by atoms with E-state index in [0.717, 1.165) is 0 Å². The molecular weight excluding hydrogens is 244 g/mol. The van der Waals surface area contributed by atoms with Crippen molar-refractivity contribution >= 4 is 16.2 Å². The van der Waals surface area contributed by atoms with Crippen LogP contribution in [0.3, 0.4) is 0 Å². The van der Waals surface area contributed by atoms with E-state index < -0.39 is 27.6 Å². The van der Waals surface area contributed by atoms with E-state index in [1.807, 2.05) is 0 Å². The number of nitrogens with one attached hydrogen (secondary N) is 1. The molecule has 1 unspecified atom stereocenters. The van der Waals surface area contributed by atoms with Crippen LogP contribution in [-0.2, 0) is 15.0 Å². The summed E-state index contributed by atoms with van der Waals surface area (Å²) in [6.07, 6.45) is 0. The first-order valence-corrected chi connectivity index (χ1v) is 7.00. The molecule has 0 bridgehead atoms. The van der Waals surface area contributed by atoms with Crippen molar-refractivity contribution in [3.05, 3.63) is 0 Å². The number of carboxylic acids is 1. The number of aliphatic carboxylic acids is 1. The second-order valence-electron chi connectivity index (χ2n) is 4.84. The maximum Gasteiger partial charge on any atom is 0.322 e. The zero-order valence-electron chi connectivity index (χ0n) is 11.0. The minimum atomic E-state index is -3.75. The Bertz CT molecular complexity index is 355. The molecule has 7 heteroatoms. The Morgan fingerprint density at radius 3 is 1.94 bits per heavy atom. The molecule has 1 atom stereocenters. The van der Waals surface area contributed by atoms with Crippen LogP contribution in [0.4, 0.5) is 0 Å². The van der Waals surface area contributed by atoms with Crippen LogP contribution in [0.1, 0.15) is 34.6 Å². The van der Waals surface area contributed by atoms with Gasteiger partial charge in [0.15, 0.2) is 0 Å². The van der Waals surface area contributed by atoms with Crippen LogP contribution >= 0.6 is 0 Å². The summed E-state index contributed by atoms with van der Waals surface area (Å²) in [6, 6.07) is -1.15. The molecule has 0 aliphatic rings. The molecule has 0 saturated carbocycles. The van der Waals surface area contributed by atoms with Gasteiger partial charge < -0.3 is 5.11 Å². The minimum absolute atomic E-state index is 0.308. The molecule has 6 nitrogen and oxygen atoms in total. The molecular formula is C10H22N2O4S. The van der Waals surface area contributed by atoms with Crippen LogP contribution in [0, 0.1) is 5.41 Å². The average Bonchev–Trinajstić information content (AvgIpc) is 2.13. The number of carboxylic acid groups (broad SMARTS) is 1. The summed E-state index contributed by atoms with van der Waals surface area (Å²) in [7, 11) is -3.75. The van der Waals surface area contributed by atoms with E-state index >= 15 is 0 Å².